The lowest BCUT2D eigenvalue weighted by Crippen LogP contribution is -2.23. The van der Waals surface area contributed by atoms with Gasteiger partial charge < -0.3 is 4.74 Å². The van der Waals surface area contributed by atoms with Crippen LogP contribution in [0.15, 0.2) is 0 Å². The van der Waals surface area contributed by atoms with Gasteiger partial charge in [-0.2, -0.15) is 0 Å². The van der Waals surface area contributed by atoms with E-state index in [4.69, 9.17) is 4.74 Å². The fourth-order valence-corrected chi connectivity index (χ4v) is 1.11. The molecule has 80 valence electrons. The SMILES string of the molecule is CCCCCOCC(F)(F)CCC. The van der Waals surface area contributed by atoms with Gasteiger partial charge in [0.2, 0.25) is 0 Å². The summed E-state index contributed by atoms with van der Waals surface area (Å²) < 4.78 is 30.5. The summed E-state index contributed by atoms with van der Waals surface area (Å²) in [5.74, 6) is -2.62. The van der Waals surface area contributed by atoms with Crippen molar-refractivity contribution in [2.75, 3.05) is 13.2 Å². The van der Waals surface area contributed by atoms with Crippen LogP contribution < -0.4 is 0 Å². The minimum absolute atomic E-state index is 0.0687. The summed E-state index contributed by atoms with van der Waals surface area (Å²) in [6.07, 6.45) is 3.47. The Hall–Kier alpha value is -0.180. The van der Waals surface area contributed by atoms with E-state index in [1.165, 1.54) is 0 Å². The van der Waals surface area contributed by atoms with Crippen LogP contribution in [0, 0.1) is 0 Å². The number of ether oxygens (including phenoxy) is 1. The highest BCUT2D eigenvalue weighted by molar-refractivity contribution is 4.63. The molecule has 0 unspecified atom stereocenters. The van der Waals surface area contributed by atoms with Crippen LogP contribution in [-0.4, -0.2) is 19.1 Å². The average Bonchev–Trinajstić information content (AvgIpc) is 2.04. The van der Waals surface area contributed by atoms with Gasteiger partial charge in [0.25, 0.3) is 5.92 Å². The van der Waals surface area contributed by atoms with E-state index in [-0.39, 0.29) is 6.42 Å². The van der Waals surface area contributed by atoms with Gasteiger partial charge in [-0.1, -0.05) is 33.1 Å². The standard InChI is InChI=1S/C10H20F2O/c1-3-5-6-8-13-9-10(11,12)7-4-2/h3-9H2,1-2H3. The normalized spacial score (nSPS) is 12.0. The third kappa shape index (κ3) is 8.16. The summed E-state index contributed by atoms with van der Waals surface area (Å²) in [5, 5.41) is 0. The van der Waals surface area contributed by atoms with Crippen molar-refractivity contribution in [3.05, 3.63) is 0 Å². The van der Waals surface area contributed by atoms with Crippen LogP contribution in [0.5, 0.6) is 0 Å². The Bertz CT molecular complexity index is 115. The fraction of sp³-hybridized carbons (Fsp3) is 1.00. The Morgan fingerprint density at radius 1 is 1.08 bits per heavy atom. The molecule has 0 aromatic heterocycles. The topological polar surface area (TPSA) is 9.23 Å². The number of hydrogen-bond donors (Lipinski definition) is 0. The summed E-state index contributed by atoms with van der Waals surface area (Å²) in [6, 6.07) is 0. The molecule has 0 rings (SSSR count). The maximum Gasteiger partial charge on any atom is 0.270 e. The van der Waals surface area contributed by atoms with Gasteiger partial charge in [0.1, 0.15) is 6.61 Å². The largest absolute Gasteiger partial charge is 0.375 e. The van der Waals surface area contributed by atoms with Gasteiger partial charge in [-0.25, -0.2) is 8.78 Å². The first-order valence-electron chi connectivity index (χ1n) is 5.08. The van der Waals surface area contributed by atoms with Gasteiger partial charge in [0.15, 0.2) is 0 Å². The van der Waals surface area contributed by atoms with Gasteiger partial charge in [-0.05, 0) is 6.42 Å². The van der Waals surface area contributed by atoms with Crippen LogP contribution in [0.1, 0.15) is 46.0 Å². The summed E-state index contributed by atoms with van der Waals surface area (Å²) in [7, 11) is 0. The summed E-state index contributed by atoms with van der Waals surface area (Å²) in [4.78, 5) is 0. The van der Waals surface area contributed by atoms with Gasteiger partial charge in [-0.15, -0.1) is 0 Å². The molecule has 0 atom stereocenters. The Morgan fingerprint density at radius 3 is 2.31 bits per heavy atom. The molecule has 0 aromatic rings. The van der Waals surface area contributed by atoms with Crippen molar-refractivity contribution in [2.24, 2.45) is 0 Å². The third-order valence-electron chi connectivity index (χ3n) is 1.82. The van der Waals surface area contributed by atoms with Crippen molar-refractivity contribution in [1.29, 1.82) is 0 Å². The molecule has 0 saturated carbocycles. The van der Waals surface area contributed by atoms with E-state index in [1.54, 1.807) is 6.92 Å². The Balaban J connectivity index is 3.29. The van der Waals surface area contributed by atoms with Crippen molar-refractivity contribution in [1.82, 2.24) is 0 Å². The van der Waals surface area contributed by atoms with Crippen LogP contribution in [0.25, 0.3) is 0 Å². The highest BCUT2D eigenvalue weighted by Crippen LogP contribution is 2.20. The van der Waals surface area contributed by atoms with Crippen molar-refractivity contribution < 1.29 is 13.5 Å². The van der Waals surface area contributed by atoms with Gasteiger partial charge in [0, 0.05) is 13.0 Å². The van der Waals surface area contributed by atoms with Crippen molar-refractivity contribution in [3.63, 3.8) is 0 Å². The zero-order chi connectivity index (χ0) is 10.2. The highest BCUT2D eigenvalue weighted by Gasteiger charge is 2.27. The molecule has 0 saturated heterocycles. The van der Waals surface area contributed by atoms with Crippen molar-refractivity contribution in [3.8, 4) is 0 Å². The van der Waals surface area contributed by atoms with Crippen molar-refractivity contribution in [2.45, 2.75) is 51.9 Å². The van der Waals surface area contributed by atoms with E-state index < -0.39 is 12.5 Å². The highest BCUT2D eigenvalue weighted by atomic mass is 19.3. The Kier molecular flexibility index (Phi) is 7.14. The second-order valence-electron chi connectivity index (χ2n) is 3.37. The number of hydrogen-bond acceptors (Lipinski definition) is 1. The predicted molar refractivity (Wildman–Crippen MR) is 50.2 cm³/mol. The third-order valence-corrected chi connectivity index (χ3v) is 1.82. The number of alkyl halides is 2. The molecule has 0 N–H and O–H groups in total. The van der Waals surface area contributed by atoms with Crippen LogP contribution in [-0.2, 0) is 4.74 Å². The lowest BCUT2D eigenvalue weighted by Gasteiger charge is -2.15. The molecule has 0 fully saturated rings. The van der Waals surface area contributed by atoms with E-state index in [0.29, 0.717) is 13.0 Å². The first kappa shape index (κ1) is 12.8. The number of unbranched alkanes of at least 4 members (excludes halogenated alkanes) is 2. The van der Waals surface area contributed by atoms with Crippen molar-refractivity contribution >= 4 is 0 Å². The minimum atomic E-state index is -2.62. The molecule has 3 heteroatoms. The van der Waals surface area contributed by atoms with E-state index >= 15 is 0 Å². The first-order valence-corrected chi connectivity index (χ1v) is 5.08. The van der Waals surface area contributed by atoms with Crippen LogP contribution >= 0.6 is 0 Å². The average molecular weight is 194 g/mol. The van der Waals surface area contributed by atoms with Crippen LogP contribution in [0.4, 0.5) is 8.78 Å². The molecule has 13 heavy (non-hydrogen) atoms. The second kappa shape index (κ2) is 7.25. The van der Waals surface area contributed by atoms with E-state index in [2.05, 4.69) is 6.92 Å². The molecular formula is C10H20F2O. The quantitative estimate of drug-likeness (QED) is 0.536. The van der Waals surface area contributed by atoms with Crippen LogP contribution in [0.2, 0.25) is 0 Å². The molecule has 1 nitrogen and oxygen atoms in total. The maximum absolute atomic E-state index is 12.8. The minimum Gasteiger partial charge on any atom is -0.375 e. The molecule has 0 radical (unpaired) electrons. The molecular weight excluding hydrogens is 174 g/mol. The number of halogens is 2. The monoisotopic (exact) mass is 194 g/mol. The summed E-state index contributed by atoms with van der Waals surface area (Å²) >= 11 is 0. The smallest absolute Gasteiger partial charge is 0.270 e. The number of rotatable bonds is 8. The van der Waals surface area contributed by atoms with Crippen LogP contribution in [0.3, 0.4) is 0 Å². The zero-order valence-electron chi connectivity index (χ0n) is 8.61. The second-order valence-corrected chi connectivity index (χ2v) is 3.37. The Labute approximate surface area is 79.5 Å². The lowest BCUT2D eigenvalue weighted by molar-refractivity contribution is -0.0828. The fourth-order valence-electron chi connectivity index (χ4n) is 1.11. The molecule has 0 heterocycles. The van der Waals surface area contributed by atoms with Gasteiger partial charge in [0.05, 0.1) is 0 Å². The van der Waals surface area contributed by atoms with Gasteiger partial charge >= 0.3 is 0 Å². The molecule has 0 aromatic carbocycles. The molecule has 0 aliphatic carbocycles. The molecule has 0 aliphatic rings. The van der Waals surface area contributed by atoms with E-state index in [0.717, 1.165) is 19.3 Å². The first-order chi connectivity index (χ1) is 6.12. The van der Waals surface area contributed by atoms with E-state index in [9.17, 15) is 8.78 Å². The van der Waals surface area contributed by atoms with E-state index in [1.807, 2.05) is 0 Å². The molecule has 0 amide bonds. The molecule has 0 bridgehead atoms. The maximum atomic E-state index is 12.8. The molecule has 0 spiro atoms. The predicted octanol–water partition coefficient (Wildman–Crippen LogP) is 3.63. The molecule has 0 aliphatic heterocycles. The zero-order valence-corrected chi connectivity index (χ0v) is 8.61. The summed E-state index contributed by atoms with van der Waals surface area (Å²) in [6.45, 7) is 3.88. The summed E-state index contributed by atoms with van der Waals surface area (Å²) in [5.41, 5.74) is 0. The lowest BCUT2D eigenvalue weighted by atomic mass is 10.2. The van der Waals surface area contributed by atoms with Gasteiger partial charge in [-0.3, -0.25) is 0 Å². The Morgan fingerprint density at radius 2 is 1.77 bits per heavy atom.